The van der Waals surface area contributed by atoms with Gasteiger partial charge in [0.15, 0.2) is 0 Å². The number of methoxy groups -OCH3 is 1. The van der Waals surface area contributed by atoms with E-state index in [0.29, 0.717) is 25.1 Å². The van der Waals surface area contributed by atoms with Gasteiger partial charge in [0.2, 0.25) is 0 Å². The quantitative estimate of drug-likeness (QED) is 0.460. The van der Waals surface area contributed by atoms with Gasteiger partial charge in [-0.1, -0.05) is 12.1 Å². The average molecular weight is 317 g/mol. The lowest BCUT2D eigenvalue weighted by molar-refractivity contribution is -0.129. The zero-order valence-electron chi connectivity index (χ0n) is 13.7. The van der Waals surface area contributed by atoms with Gasteiger partial charge in [0.05, 0.1) is 19.3 Å². The molecule has 0 radical (unpaired) electrons. The van der Waals surface area contributed by atoms with Gasteiger partial charge in [-0.3, -0.25) is 4.79 Å². The Labute approximate surface area is 136 Å². The van der Waals surface area contributed by atoms with E-state index in [-0.39, 0.29) is 11.9 Å². The van der Waals surface area contributed by atoms with Gasteiger partial charge in [-0.15, -0.1) is 6.58 Å². The Kier molecular flexibility index (Phi) is 5.93. The number of hydrogen-bond donors (Lipinski definition) is 0. The van der Waals surface area contributed by atoms with Crippen molar-refractivity contribution in [1.29, 1.82) is 0 Å². The van der Waals surface area contributed by atoms with E-state index in [1.54, 1.807) is 30.0 Å². The van der Waals surface area contributed by atoms with Crippen molar-refractivity contribution < 1.29 is 19.1 Å². The highest BCUT2D eigenvalue weighted by molar-refractivity contribution is 6.00. The highest BCUT2D eigenvalue weighted by Crippen LogP contribution is 2.31. The fourth-order valence-electron chi connectivity index (χ4n) is 2.77. The molecule has 0 spiro atoms. The van der Waals surface area contributed by atoms with Crippen molar-refractivity contribution in [2.24, 2.45) is 0 Å². The maximum Gasteiger partial charge on any atom is 0.338 e. The summed E-state index contributed by atoms with van der Waals surface area (Å²) in [7, 11) is 1.36. The van der Waals surface area contributed by atoms with Gasteiger partial charge in [-0.05, 0) is 43.9 Å². The van der Waals surface area contributed by atoms with Crippen molar-refractivity contribution in [3.63, 3.8) is 0 Å². The van der Waals surface area contributed by atoms with Crippen LogP contribution in [0.15, 0.2) is 30.9 Å². The lowest BCUT2D eigenvalue weighted by Gasteiger charge is -2.32. The number of hydrogen-bond acceptors (Lipinski definition) is 4. The van der Waals surface area contributed by atoms with Gasteiger partial charge >= 0.3 is 5.97 Å². The first-order valence-electron chi connectivity index (χ1n) is 7.84. The predicted octanol–water partition coefficient (Wildman–Crippen LogP) is 2.73. The largest absolute Gasteiger partial charge is 0.465 e. The molecule has 0 aromatic heterocycles. The van der Waals surface area contributed by atoms with Crippen molar-refractivity contribution in [3.05, 3.63) is 42.0 Å². The molecular weight excluding hydrogens is 294 g/mol. The van der Waals surface area contributed by atoms with Gasteiger partial charge < -0.3 is 14.4 Å². The second kappa shape index (κ2) is 7.92. The summed E-state index contributed by atoms with van der Waals surface area (Å²) in [6.07, 6.45) is 3.52. The number of rotatable bonds is 6. The predicted molar refractivity (Wildman–Crippen MR) is 88.7 cm³/mol. The van der Waals surface area contributed by atoms with Crippen LogP contribution in [-0.4, -0.2) is 38.2 Å². The van der Waals surface area contributed by atoms with Crippen LogP contribution in [0.3, 0.4) is 0 Å². The molecule has 1 amide bonds. The standard InChI is InChI=1S/C18H23NO4/c1-4-5-12-23-13(2)17(20)19-11-7-9-14-15(18(21)22-3)8-6-10-16(14)19/h4,6,8,10,13H,1,5,7,9,11-12H2,2-3H3. The van der Waals surface area contributed by atoms with Crippen LogP contribution in [0.1, 0.15) is 35.7 Å². The molecule has 1 aromatic rings. The number of amides is 1. The molecule has 1 atom stereocenters. The lowest BCUT2D eigenvalue weighted by Crippen LogP contribution is -2.42. The number of nitrogens with zero attached hydrogens (tertiary/aromatic N) is 1. The van der Waals surface area contributed by atoms with E-state index in [1.165, 1.54) is 7.11 Å². The van der Waals surface area contributed by atoms with Crippen molar-refractivity contribution in [1.82, 2.24) is 0 Å². The van der Waals surface area contributed by atoms with E-state index < -0.39 is 6.10 Å². The maximum absolute atomic E-state index is 12.7. The van der Waals surface area contributed by atoms with Crippen molar-refractivity contribution in [3.8, 4) is 0 Å². The normalized spacial score (nSPS) is 14.8. The topological polar surface area (TPSA) is 55.8 Å². The molecule has 0 saturated carbocycles. The highest BCUT2D eigenvalue weighted by Gasteiger charge is 2.29. The first kappa shape index (κ1) is 17.2. The smallest absolute Gasteiger partial charge is 0.338 e. The van der Waals surface area contributed by atoms with Gasteiger partial charge in [-0.25, -0.2) is 4.79 Å². The fraction of sp³-hybridized carbons (Fsp3) is 0.444. The molecule has 0 fully saturated rings. The molecule has 0 N–H and O–H groups in total. The molecule has 124 valence electrons. The molecule has 2 rings (SSSR count). The molecule has 5 nitrogen and oxygen atoms in total. The van der Waals surface area contributed by atoms with Crippen LogP contribution in [-0.2, 0) is 20.7 Å². The Balaban J connectivity index is 2.23. The molecule has 0 bridgehead atoms. The summed E-state index contributed by atoms with van der Waals surface area (Å²) in [6, 6.07) is 5.39. The van der Waals surface area contributed by atoms with Gasteiger partial charge in [-0.2, -0.15) is 0 Å². The number of anilines is 1. The number of fused-ring (bicyclic) bond motifs is 1. The number of benzene rings is 1. The third-order valence-corrected chi connectivity index (χ3v) is 3.96. The van der Waals surface area contributed by atoms with Crippen LogP contribution in [0.2, 0.25) is 0 Å². The molecule has 1 aliphatic heterocycles. The van der Waals surface area contributed by atoms with Gasteiger partial charge in [0.1, 0.15) is 6.10 Å². The van der Waals surface area contributed by atoms with E-state index in [9.17, 15) is 9.59 Å². The summed E-state index contributed by atoms with van der Waals surface area (Å²) < 4.78 is 10.4. The maximum atomic E-state index is 12.7. The molecule has 1 heterocycles. The summed E-state index contributed by atoms with van der Waals surface area (Å²) in [5, 5.41) is 0. The molecule has 1 aromatic carbocycles. The number of carbonyl (C=O) groups excluding carboxylic acids is 2. The third-order valence-electron chi connectivity index (χ3n) is 3.96. The molecular formula is C18H23NO4. The summed E-state index contributed by atoms with van der Waals surface area (Å²) in [5.41, 5.74) is 2.18. The van der Waals surface area contributed by atoms with Crippen LogP contribution < -0.4 is 4.90 Å². The van der Waals surface area contributed by atoms with Crippen molar-refractivity contribution in [2.75, 3.05) is 25.2 Å². The molecule has 1 aliphatic rings. The first-order chi connectivity index (χ1) is 11.1. The van der Waals surface area contributed by atoms with Crippen LogP contribution in [0, 0.1) is 0 Å². The Morgan fingerprint density at radius 1 is 1.43 bits per heavy atom. The van der Waals surface area contributed by atoms with Gasteiger partial charge in [0, 0.05) is 12.2 Å². The van der Waals surface area contributed by atoms with E-state index in [2.05, 4.69) is 6.58 Å². The SMILES string of the molecule is C=CCCOC(C)C(=O)N1CCCc2c(C(=O)OC)cccc21. The molecule has 1 unspecified atom stereocenters. The van der Waals surface area contributed by atoms with E-state index in [1.807, 2.05) is 6.07 Å². The summed E-state index contributed by atoms with van der Waals surface area (Å²) in [6.45, 7) is 6.49. The fourth-order valence-corrected chi connectivity index (χ4v) is 2.77. The number of ether oxygens (including phenoxy) is 2. The molecule has 5 heteroatoms. The van der Waals surface area contributed by atoms with Gasteiger partial charge in [0.25, 0.3) is 5.91 Å². The van der Waals surface area contributed by atoms with Crippen LogP contribution in [0.5, 0.6) is 0 Å². The third kappa shape index (κ3) is 3.79. The first-order valence-corrected chi connectivity index (χ1v) is 7.84. The Bertz CT molecular complexity index is 597. The Hall–Kier alpha value is -2.14. The van der Waals surface area contributed by atoms with E-state index in [0.717, 1.165) is 24.1 Å². The summed E-state index contributed by atoms with van der Waals surface area (Å²) >= 11 is 0. The van der Waals surface area contributed by atoms with Crippen LogP contribution in [0.25, 0.3) is 0 Å². The Morgan fingerprint density at radius 3 is 2.91 bits per heavy atom. The molecule has 0 aliphatic carbocycles. The monoisotopic (exact) mass is 317 g/mol. The minimum atomic E-state index is -0.525. The average Bonchev–Trinajstić information content (AvgIpc) is 2.59. The molecule has 0 saturated heterocycles. The van der Waals surface area contributed by atoms with E-state index >= 15 is 0 Å². The summed E-state index contributed by atoms with van der Waals surface area (Å²) in [5.74, 6) is -0.455. The highest BCUT2D eigenvalue weighted by atomic mass is 16.5. The summed E-state index contributed by atoms with van der Waals surface area (Å²) in [4.78, 5) is 26.3. The van der Waals surface area contributed by atoms with Crippen LogP contribution in [0.4, 0.5) is 5.69 Å². The lowest BCUT2D eigenvalue weighted by atomic mass is 9.96. The van der Waals surface area contributed by atoms with E-state index in [4.69, 9.17) is 9.47 Å². The van der Waals surface area contributed by atoms with Crippen molar-refractivity contribution in [2.45, 2.75) is 32.3 Å². The Morgan fingerprint density at radius 2 is 2.22 bits per heavy atom. The van der Waals surface area contributed by atoms with Crippen LogP contribution >= 0.6 is 0 Å². The second-order valence-electron chi connectivity index (χ2n) is 5.48. The zero-order chi connectivity index (χ0) is 16.8. The minimum absolute atomic E-state index is 0.0861. The number of esters is 1. The minimum Gasteiger partial charge on any atom is -0.465 e. The number of carbonyl (C=O) groups is 2. The second-order valence-corrected chi connectivity index (χ2v) is 5.48. The molecule has 23 heavy (non-hydrogen) atoms. The zero-order valence-corrected chi connectivity index (χ0v) is 13.7. The van der Waals surface area contributed by atoms with Crippen molar-refractivity contribution >= 4 is 17.6 Å².